The van der Waals surface area contributed by atoms with Gasteiger partial charge in [-0.2, -0.15) is 4.80 Å². The van der Waals surface area contributed by atoms with Crippen molar-refractivity contribution >= 4 is 5.97 Å². The third kappa shape index (κ3) is 3.35. The van der Waals surface area contributed by atoms with Gasteiger partial charge in [-0.05, 0) is 17.7 Å². The Hall–Kier alpha value is -2.28. The number of hydrogen-bond donors (Lipinski definition) is 2. The van der Waals surface area contributed by atoms with E-state index in [0.29, 0.717) is 12.4 Å². The minimum Gasteiger partial charge on any atom is -0.480 e. The molecule has 19 heavy (non-hydrogen) atoms. The molecule has 0 aliphatic heterocycles. The number of carbonyl (C=O) groups is 1. The van der Waals surface area contributed by atoms with Gasteiger partial charge in [0, 0.05) is 12.1 Å². The highest BCUT2D eigenvalue weighted by atomic mass is 16.4. The summed E-state index contributed by atoms with van der Waals surface area (Å²) in [7, 11) is 1.71. The maximum Gasteiger partial charge on any atom is 0.320 e. The molecular weight excluding hydrogens is 246 g/mol. The van der Waals surface area contributed by atoms with Crippen LogP contribution in [0.25, 0.3) is 11.4 Å². The largest absolute Gasteiger partial charge is 0.480 e. The third-order valence-electron chi connectivity index (χ3n) is 2.70. The first-order valence-electron chi connectivity index (χ1n) is 5.86. The van der Waals surface area contributed by atoms with Crippen LogP contribution in [-0.2, 0) is 18.4 Å². The lowest BCUT2D eigenvalue weighted by Crippen LogP contribution is -2.33. The van der Waals surface area contributed by atoms with Gasteiger partial charge in [0.15, 0.2) is 0 Å². The molecule has 0 spiro atoms. The van der Waals surface area contributed by atoms with E-state index >= 15 is 0 Å². The molecule has 7 heteroatoms. The molecule has 1 aromatic carbocycles. The number of aliphatic carboxylic acids is 1. The quantitative estimate of drug-likeness (QED) is 0.811. The number of aromatic nitrogens is 4. The summed E-state index contributed by atoms with van der Waals surface area (Å²) in [6, 6.07) is 7.03. The second-order valence-electron chi connectivity index (χ2n) is 4.24. The van der Waals surface area contributed by atoms with Crippen LogP contribution < -0.4 is 5.32 Å². The molecule has 0 radical (unpaired) electrons. The summed E-state index contributed by atoms with van der Waals surface area (Å²) in [4.78, 5) is 12.1. The van der Waals surface area contributed by atoms with Gasteiger partial charge >= 0.3 is 5.97 Å². The third-order valence-corrected chi connectivity index (χ3v) is 2.70. The van der Waals surface area contributed by atoms with Crippen molar-refractivity contribution in [3.63, 3.8) is 0 Å². The molecule has 0 saturated heterocycles. The molecule has 1 aromatic heterocycles. The van der Waals surface area contributed by atoms with Gasteiger partial charge in [-0.3, -0.25) is 4.79 Å². The Morgan fingerprint density at radius 1 is 1.42 bits per heavy atom. The smallest absolute Gasteiger partial charge is 0.320 e. The lowest BCUT2D eigenvalue weighted by Gasteiger charge is -2.09. The summed E-state index contributed by atoms with van der Waals surface area (Å²) in [6.07, 6.45) is 0. The van der Waals surface area contributed by atoms with E-state index in [1.54, 1.807) is 14.0 Å². The van der Waals surface area contributed by atoms with Crippen molar-refractivity contribution in [1.29, 1.82) is 0 Å². The molecule has 2 rings (SSSR count). The Balaban J connectivity index is 2.01. The molecule has 0 aliphatic carbocycles. The zero-order valence-corrected chi connectivity index (χ0v) is 10.7. The SMILES string of the molecule is CC(NCc1ccc(-c2nnn(C)n2)cc1)C(=O)O. The van der Waals surface area contributed by atoms with Crippen molar-refractivity contribution in [2.45, 2.75) is 19.5 Å². The fraction of sp³-hybridized carbons (Fsp3) is 0.333. The monoisotopic (exact) mass is 261 g/mol. The van der Waals surface area contributed by atoms with Crippen LogP contribution in [0, 0.1) is 0 Å². The van der Waals surface area contributed by atoms with Crippen LogP contribution in [0.3, 0.4) is 0 Å². The number of nitrogens with one attached hydrogen (secondary N) is 1. The van der Waals surface area contributed by atoms with Crippen molar-refractivity contribution in [3.8, 4) is 11.4 Å². The highest BCUT2D eigenvalue weighted by Gasteiger charge is 2.09. The maximum atomic E-state index is 10.7. The van der Waals surface area contributed by atoms with Gasteiger partial charge in [0.05, 0.1) is 7.05 Å². The van der Waals surface area contributed by atoms with Gasteiger partial charge in [-0.1, -0.05) is 24.3 Å². The molecule has 1 unspecified atom stereocenters. The molecular formula is C12H15N5O2. The van der Waals surface area contributed by atoms with E-state index in [1.807, 2.05) is 24.3 Å². The Bertz CT molecular complexity index is 564. The van der Waals surface area contributed by atoms with Gasteiger partial charge in [0.1, 0.15) is 6.04 Å². The summed E-state index contributed by atoms with van der Waals surface area (Å²) in [5.74, 6) is -0.290. The van der Waals surface area contributed by atoms with Crippen LogP contribution in [0.5, 0.6) is 0 Å². The van der Waals surface area contributed by atoms with Crippen molar-refractivity contribution in [2.24, 2.45) is 7.05 Å². The highest BCUT2D eigenvalue weighted by molar-refractivity contribution is 5.72. The molecule has 100 valence electrons. The van der Waals surface area contributed by atoms with Crippen LogP contribution in [0.2, 0.25) is 0 Å². The lowest BCUT2D eigenvalue weighted by atomic mass is 10.1. The predicted molar refractivity (Wildman–Crippen MR) is 68.2 cm³/mol. The fourth-order valence-electron chi connectivity index (χ4n) is 1.53. The molecule has 1 atom stereocenters. The molecule has 0 bridgehead atoms. The number of aryl methyl sites for hydroxylation is 1. The Morgan fingerprint density at radius 2 is 2.11 bits per heavy atom. The first-order valence-corrected chi connectivity index (χ1v) is 5.86. The van der Waals surface area contributed by atoms with Crippen LogP contribution in [0.15, 0.2) is 24.3 Å². The average molecular weight is 261 g/mol. The zero-order chi connectivity index (χ0) is 13.8. The first-order chi connectivity index (χ1) is 9.06. The van der Waals surface area contributed by atoms with Crippen LogP contribution in [-0.4, -0.2) is 37.3 Å². The number of rotatable bonds is 5. The maximum absolute atomic E-state index is 10.7. The number of tetrazole rings is 1. The standard InChI is InChI=1S/C12H15N5O2/c1-8(12(18)19)13-7-9-3-5-10(6-4-9)11-14-16-17(2)15-11/h3-6,8,13H,7H2,1-2H3,(H,18,19). The first kappa shape index (κ1) is 13.2. The molecule has 7 nitrogen and oxygen atoms in total. The zero-order valence-electron chi connectivity index (χ0n) is 10.7. The van der Waals surface area contributed by atoms with Gasteiger partial charge in [-0.25, -0.2) is 0 Å². The van der Waals surface area contributed by atoms with Gasteiger partial charge < -0.3 is 10.4 Å². The van der Waals surface area contributed by atoms with E-state index in [1.165, 1.54) is 4.80 Å². The molecule has 0 aliphatic rings. The van der Waals surface area contributed by atoms with E-state index < -0.39 is 12.0 Å². The molecule has 0 saturated carbocycles. The van der Waals surface area contributed by atoms with Gasteiger partial charge in [-0.15, -0.1) is 10.2 Å². The number of nitrogens with zero attached hydrogens (tertiary/aromatic N) is 4. The van der Waals surface area contributed by atoms with Crippen LogP contribution in [0.1, 0.15) is 12.5 Å². The van der Waals surface area contributed by atoms with E-state index in [2.05, 4.69) is 20.7 Å². The Labute approximate surface area is 110 Å². The number of carboxylic acid groups (broad SMARTS) is 1. The van der Waals surface area contributed by atoms with Crippen LogP contribution in [0.4, 0.5) is 0 Å². The predicted octanol–water partition coefficient (Wildman–Crippen LogP) is 0.440. The molecule has 0 amide bonds. The van der Waals surface area contributed by atoms with Gasteiger partial charge in [0.25, 0.3) is 0 Å². The highest BCUT2D eigenvalue weighted by Crippen LogP contribution is 2.14. The van der Waals surface area contributed by atoms with Crippen molar-refractivity contribution in [3.05, 3.63) is 29.8 Å². The van der Waals surface area contributed by atoms with Crippen molar-refractivity contribution < 1.29 is 9.90 Å². The fourth-order valence-corrected chi connectivity index (χ4v) is 1.53. The molecule has 1 heterocycles. The summed E-state index contributed by atoms with van der Waals surface area (Å²) in [5, 5.41) is 23.5. The molecule has 0 fully saturated rings. The average Bonchev–Trinajstić information content (AvgIpc) is 2.83. The van der Waals surface area contributed by atoms with Crippen molar-refractivity contribution in [1.82, 2.24) is 25.5 Å². The van der Waals surface area contributed by atoms with E-state index in [-0.39, 0.29) is 0 Å². The van der Waals surface area contributed by atoms with Crippen molar-refractivity contribution in [2.75, 3.05) is 0 Å². The Kier molecular flexibility index (Phi) is 3.86. The van der Waals surface area contributed by atoms with E-state index in [0.717, 1.165) is 11.1 Å². The summed E-state index contributed by atoms with van der Waals surface area (Å²) in [5.41, 5.74) is 1.88. The minimum absolute atomic E-state index is 0.502. The number of carboxylic acids is 1. The number of benzene rings is 1. The Morgan fingerprint density at radius 3 is 2.63 bits per heavy atom. The second kappa shape index (κ2) is 5.57. The second-order valence-corrected chi connectivity index (χ2v) is 4.24. The summed E-state index contributed by atoms with van der Waals surface area (Å²) >= 11 is 0. The molecule has 2 N–H and O–H groups in total. The van der Waals surface area contributed by atoms with E-state index in [9.17, 15) is 4.79 Å². The number of hydrogen-bond acceptors (Lipinski definition) is 5. The summed E-state index contributed by atoms with van der Waals surface area (Å²) in [6.45, 7) is 2.11. The molecule has 2 aromatic rings. The van der Waals surface area contributed by atoms with Crippen LogP contribution >= 0.6 is 0 Å². The van der Waals surface area contributed by atoms with Gasteiger partial charge in [0.2, 0.25) is 5.82 Å². The van der Waals surface area contributed by atoms with E-state index in [4.69, 9.17) is 5.11 Å². The lowest BCUT2D eigenvalue weighted by molar-refractivity contribution is -0.139. The topological polar surface area (TPSA) is 92.9 Å². The summed E-state index contributed by atoms with van der Waals surface area (Å²) < 4.78 is 0. The normalized spacial score (nSPS) is 12.3. The minimum atomic E-state index is -0.861.